The Morgan fingerprint density at radius 2 is 2.12 bits per heavy atom. The predicted molar refractivity (Wildman–Crippen MR) is 119 cm³/mol. The molecular weight excluding hydrogens is 428 g/mol. The number of hydrogen-bond acceptors (Lipinski definition) is 8. The van der Waals surface area contributed by atoms with Gasteiger partial charge in [-0.1, -0.05) is 0 Å². The van der Waals surface area contributed by atoms with Crippen molar-refractivity contribution in [3.63, 3.8) is 0 Å². The first-order chi connectivity index (χ1) is 16.0. The Balaban J connectivity index is 1.33. The molecule has 2 fully saturated rings. The molecule has 1 aliphatic carbocycles. The number of nitrogens with zero attached hydrogens (tertiary/aromatic N) is 5. The third kappa shape index (κ3) is 4.19. The summed E-state index contributed by atoms with van der Waals surface area (Å²) in [7, 11) is 0.896. The highest BCUT2D eigenvalue weighted by atomic mass is 19.1. The largest absolute Gasteiger partial charge is 0.470 e. The summed E-state index contributed by atoms with van der Waals surface area (Å²) in [5.41, 5.74) is 2.22. The number of alkyl halides is 1. The predicted octanol–water partition coefficient (Wildman–Crippen LogP) is 2.21. The Bertz CT molecular complexity index is 1080. The maximum Gasteiger partial charge on any atom is 0.376 e. The zero-order valence-electron chi connectivity index (χ0n) is 18.4. The Morgan fingerprint density at radius 3 is 2.79 bits per heavy atom. The van der Waals surface area contributed by atoms with Crippen LogP contribution in [0, 0.1) is 5.92 Å². The Kier molecular flexibility index (Phi) is 6.00. The van der Waals surface area contributed by atoms with E-state index in [2.05, 4.69) is 15.2 Å². The number of rotatable bonds is 8. The number of aromatic nitrogens is 4. The molecule has 2 aliphatic rings. The monoisotopic (exact) mass is 453 g/mol. The van der Waals surface area contributed by atoms with Gasteiger partial charge in [0.1, 0.15) is 11.9 Å². The van der Waals surface area contributed by atoms with Crippen LogP contribution in [0.5, 0.6) is 11.6 Å². The topological polar surface area (TPSA) is 94.8 Å². The zero-order valence-corrected chi connectivity index (χ0v) is 18.4. The molecule has 3 aromatic rings. The molecule has 2 unspecified atom stereocenters. The smallest absolute Gasteiger partial charge is 0.376 e. The highest BCUT2D eigenvalue weighted by Crippen LogP contribution is 2.42. The summed E-state index contributed by atoms with van der Waals surface area (Å²) in [5, 5.41) is 18.3. The van der Waals surface area contributed by atoms with Gasteiger partial charge in [-0.25, -0.2) is 9.37 Å². The molecule has 1 saturated heterocycles. The van der Waals surface area contributed by atoms with Crippen LogP contribution in [0.1, 0.15) is 6.42 Å². The summed E-state index contributed by atoms with van der Waals surface area (Å²) in [6.07, 6.45) is 4.16. The van der Waals surface area contributed by atoms with Crippen molar-refractivity contribution in [3.05, 3.63) is 49.1 Å². The van der Waals surface area contributed by atoms with Gasteiger partial charge in [-0.3, -0.25) is 0 Å². The minimum Gasteiger partial charge on any atom is -0.470 e. The highest BCUT2D eigenvalue weighted by Gasteiger charge is 2.55. The number of hydrogen-bond donors (Lipinski definition) is 1. The SMILES string of the molecule is COCOc1cc(-n2ccnc2)ccc1-c1ccc(O[C@H]2C3CC([C@H]2F)N(B(C)O)C3)nn1. The van der Waals surface area contributed by atoms with Crippen LogP contribution in [0.15, 0.2) is 49.1 Å². The molecule has 4 atom stereocenters. The molecule has 0 spiro atoms. The van der Waals surface area contributed by atoms with Crippen LogP contribution in [0.3, 0.4) is 0 Å². The van der Waals surface area contributed by atoms with Crippen molar-refractivity contribution in [1.82, 2.24) is 24.6 Å². The molecule has 33 heavy (non-hydrogen) atoms. The molecule has 1 aromatic carbocycles. The van der Waals surface area contributed by atoms with Crippen LogP contribution in [0.4, 0.5) is 4.39 Å². The highest BCUT2D eigenvalue weighted by molar-refractivity contribution is 6.45. The van der Waals surface area contributed by atoms with E-state index in [-0.39, 0.29) is 24.6 Å². The second kappa shape index (κ2) is 9.09. The maximum absolute atomic E-state index is 14.9. The summed E-state index contributed by atoms with van der Waals surface area (Å²) >= 11 is 0. The molecule has 172 valence electrons. The van der Waals surface area contributed by atoms with Crippen LogP contribution in [-0.2, 0) is 4.74 Å². The standard InChI is InChI=1S/C22H25BFN5O4/c1-23(30)29-11-14-9-18(29)21(24)22(14)33-20-6-5-17(26-27-20)16-4-3-15(28-8-7-25-12-28)10-19(16)32-13-31-2/h3-8,10,12,14,18,21-22,30H,9,11,13H2,1-2H3/t14?,18?,21-,22+/m1/s1. The molecule has 0 radical (unpaired) electrons. The summed E-state index contributed by atoms with van der Waals surface area (Å²) in [4.78, 5) is 5.86. The number of imidazole rings is 1. The number of halogens is 1. The third-order valence-corrected chi connectivity index (χ3v) is 6.31. The molecule has 3 heterocycles. The van der Waals surface area contributed by atoms with Crippen LogP contribution in [0.25, 0.3) is 16.9 Å². The Labute approximate surface area is 191 Å². The molecule has 0 amide bonds. The Morgan fingerprint density at radius 1 is 1.24 bits per heavy atom. The first-order valence-electron chi connectivity index (χ1n) is 10.9. The van der Waals surface area contributed by atoms with E-state index in [1.807, 2.05) is 29.0 Å². The summed E-state index contributed by atoms with van der Waals surface area (Å²) in [6, 6.07) is 8.84. The summed E-state index contributed by atoms with van der Waals surface area (Å²) in [5.74, 6) is 0.879. The zero-order chi connectivity index (χ0) is 22.9. The van der Waals surface area contributed by atoms with Crippen molar-refractivity contribution >= 4 is 7.05 Å². The first kappa shape index (κ1) is 21.8. The number of fused-ring (bicyclic) bond motifs is 2. The quantitative estimate of drug-likeness (QED) is 0.410. The lowest BCUT2D eigenvalue weighted by molar-refractivity contribution is 0.0334. The minimum absolute atomic E-state index is 0.0193. The van der Waals surface area contributed by atoms with Gasteiger partial charge in [-0.2, -0.15) is 0 Å². The van der Waals surface area contributed by atoms with E-state index in [1.165, 1.54) is 0 Å². The Hall–Kier alpha value is -3.02. The molecule has 2 bridgehead atoms. The third-order valence-electron chi connectivity index (χ3n) is 6.31. The fraction of sp³-hybridized carbons (Fsp3) is 0.409. The van der Waals surface area contributed by atoms with E-state index >= 15 is 0 Å². The van der Waals surface area contributed by atoms with Crippen molar-refractivity contribution in [3.8, 4) is 28.6 Å². The van der Waals surface area contributed by atoms with Crippen molar-refractivity contribution < 1.29 is 23.6 Å². The molecule has 1 N–H and O–H groups in total. The lowest BCUT2D eigenvalue weighted by Crippen LogP contribution is -2.53. The second-order valence-electron chi connectivity index (χ2n) is 8.38. The van der Waals surface area contributed by atoms with Crippen molar-refractivity contribution in [2.24, 2.45) is 5.92 Å². The average Bonchev–Trinajstić information content (AvgIpc) is 3.57. The van der Waals surface area contributed by atoms with Crippen LogP contribution in [0.2, 0.25) is 6.82 Å². The van der Waals surface area contributed by atoms with E-state index in [4.69, 9.17) is 14.2 Å². The van der Waals surface area contributed by atoms with Crippen LogP contribution in [-0.4, -0.2) is 75.4 Å². The van der Waals surface area contributed by atoms with Gasteiger partial charge in [0.25, 0.3) is 0 Å². The summed E-state index contributed by atoms with van der Waals surface area (Å²) < 4.78 is 33.5. The minimum atomic E-state index is -1.18. The number of ether oxygens (including phenoxy) is 3. The lowest BCUT2D eigenvalue weighted by Gasteiger charge is -2.34. The molecule has 11 heteroatoms. The van der Waals surface area contributed by atoms with Gasteiger partial charge in [0.2, 0.25) is 5.88 Å². The normalized spacial score (nSPS) is 24.2. The average molecular weight is 453 g/mol. The van der Waals surface area contributed by atoms with Crippen molar-refractivity contribution in [1.29, 1.82) is 0 Å². The number of benzene rings is 1. The summed E-state index contributed by atoms with van der Waals surface area (Å²) in [6.45, 7) is 2.36. The van der Waals surface area contributed by atoms with Crippen molar-refractivity contribution in [2.45, 2.75) is 31.6 Å². The molecule has 5 rings (SSSR count). The molecular formula is C22H25BFN5O4. The van der Waals surface area contributed by atoms with E-state index in [9.17, 15) is 9.41 Å². The van der Waals surface area contributed by atoms with E-state index in [1.54, 1.807) is 43.4 Å². The van der Waals surface area contributed by atoms with Crippen molar-refractivity contribution in [2.75, 3.05) is 20.4 Å². The van der Waals surface area contributed by atoms with Gasteiger partial charge in [0, 0.05) is 49.2 Å². The van der Waals surface area contributed by atoms with Gasteiger partial charge in [0.15, 0.2) is 13.0 Å². The fourth-order valence-electron chi connectivity index (χ4n) is 4.75. The molecule has 1 aliphatic heterocycles. The maximum atomic E-state index is 14.9. The van der Waals surface area contributed by atoms with Gasteiger partial charge in [-0.05, 0) is 38.0 Å². The second-order valence-corrected chi connectivity index (χ2v) is 8.38. The lowest BCUT2D eigenvalue weighted by atomic mass is 9.82. The number of piperidine rings is 1. The molecule has 9 nitrogen and oxygen atoms in total. The van der Waals surface area contributed by atoms with Gasteiger partial charge in [0.05, 0.1) is 17.7 Å². The van der Waals surface area contributed by atoms with Crippen LogP contribution < -0.4 is 9.47 Å². The number of methoxy groups -OCH3 is 1. The van der Waals surface area contributed by atoms with E-state index in [0.29, 0.717) is 24.4 Å². The molecule has 1 saturated carbocycles. The molecule has 2 aromatic heterocycles. The van der Waals surface area contributed by atoms with Gasteiger partial charge < -0.3 is 28.6 Å². The fourth-order valence-corrected chi connectivity index (χ4v) is 4.75. The van der Waals surface area contributed by atoms with E-state index < -0.39 is 19.3 Å². The van der Waals surface area contributed by atoms with Crippen LogP contribution >= 0.6 is 0 Å². The van der Waals surface area contributed by atoms with E-state index in [0.717, 1.165) is 11.3 Å². The van der Waals surface area contributed by atoms with Gasteiger partial charge >= 0.3 is 7.05 Å². The first-order valence-corrected chi connectivity index (χ1v) is 10.9. The van der Waals surface area contributed by atoms with Gasteiger partial charge in [-0.15, -0.1) is 10.2 Å².